The highest BCUT2D eigenvalue weighted by molar-refractivity contribution is 5.98. The van der Waals surface area contributed by atoms with Gasteiger partial charge in [0.2, 0.25) is 5.91 Å². The summed E-state index contributed by atoms with van der Waals surface area (Å²) in [7, 11) is 0. The summed E-state index contributed by atoms with van der Waals surface area (Å²) in [5.41, 5.74) is 1.42. The average molecular weight is 419 g/mol. The van der Waals surface area contributed by atoms with Crippen molar-refractivity contribution in [1.82, 2.24) is 10.2 Å². The van der Waals surface area contributed by atoms with Gasteiger partial charge >= 0.3 is 0 Å². The van der Waals surface area contributed by atoms with Gasteiger partial charge in [-0.15, -0.1) is 0 Å². The molecule has 0 aromatic heterocycles. The third-order valence-electron chi connectivity index (χ3n) is 4.72. The number of hydrogen-bond acceptors (Lipinski definition) is 2. The standard InChI is InChI=1S/C26H27FN2O2/c1-26(2,3)28-24(30)23(20-14-16-22(27)17-15-20)29(18-19-10-6-4-7-11-19)25(31)21-12-8-5-9-13-21/h4-17,23H,18H2,1-3H3,(H,28,30). The maximum absolute atomic E-state index is 13.6. The minimum atomic E-state index is -0.923. The summed E-state index contributed by atoms with van der Waals surface area (Å²) >= 11 is 0. The van der Waals surface area contributed by atoms with Gasteiger partial charge in [-0.25, -0.2) is 4.39 Å². The number of amides is 2. The topological polar surface area (TPSA) is 49.4 Å². The first-order chi connectivity index (χ1) is 14.7. The Morgan fingerprint density at radius 3 is 1.97 bits per heavy atom. The summed E-state index contributed by atoms with van der Waals surface area (Å²) in [6.45, 7) is 5.88. The molecule has 0 aliphatic heterocycles. The molecule has 1 N–H and O–H groups in total. The van der Waals surface area contributed by atoms with Gasteiger partial charge in [-0.2, -0.15) is 0 Å². The predicted octanol–water partition coefficient (Wildman–Crippen LogP) is 5.12. The van der Waals surface area contributed by atoms with Crippen molar-refractivity contribution >= 4 is 11.8 Å². The van der Waals surface area contributed by atoms with E-state index in [4.69, 9.17) is 0 Å². The van der Waals surface area contributed by atoms with Gasteiger partial charge in [0.05, 0.1) is 0 Å². The second-order valence-corrected chi connectivity index (χ2v) is 8.48. The molecular weight excluding hydrogens is 391 g/mol. The third-order valence-corrected chi connectivity index (χ3v) is 4.72. The van der Waals surface area contributed by atoms with Gasteiger partial charge in [-0.05, 0) is 56.2 Å². The molecule has 0 radical (unpaired) electrons. The molecule has 31 heavy (non-hydrogen) atoms. The highest BCUT2D eigenvalue weighted by atomic mass is 19.1. The number of rotatable bonds is 6. The largest absolute Gasteiger partial charge is 0.349 e. The van der Waals surface area contributed by atoms with Crippen molar-refractivity contribution in [2.75, 3.05) is 0 Å². The lowest BCUT2D eigenvalue weighted by Crippen LogP contribution is -2.49. The number of nitrogens with one attached hydrogen (secondary N) is 1. The van der Waals surface area contributed by atoms with Crippen LogP contribution in [0.4, 0.5) is 4.39 Å². The minimum Gasteiger partial charge on any atom is -0.349 e. The van der Waals surface area contributed by atoms with Crippen LogP contribution in [0.5, 0.6) is 0 Å². The van der Waals surface area contributed by atoms with Crippen LogP contribution in [0.2, 0.25) is 0 Å². The van der Waals surface area contributed by atoms with E-state index in [1.807, 2.05) is 57.2 Å². The summed E-state index contributed by atoms with van der Waals surface area (Å²) in [6, 6.07) is 23.2. The zero-order valence-corrected chi connectivity index (χ0v) is 18.0. The Morgan fingerprint density at radius 2 is 1.42 bits per heavy atom. The van der Waals surface area contributed by atoms with Crippen LogP contribution in [0.15, 0.2) is 84.9 Å². The summed E-state index contributed by atoms with van der Waals surface area (Å²) in [6.07, 6.45) is 0. The fraction of sp³-hybridized carbons (Fsp3) is 0.231. The molecule has 1 atom stereocenters. The highest BCUT2D eigenvalue weighted by Crippen LogP contribution is 2.27. The zero-order chi connectivity index (χ0) is 22.4. The van der Waals surface area contributed by atoms with E-state index in [9.17, 15) is 14.0 Å². The van der Waals surface area contributed by atoms with Gasteiger partial charge in [-0.3, -0.25) is 9.59 Å². The third kappa shape index (κ3) is 6.01. The van der Waals surface area contributed by atoms with Gasteiger partial charge in [0, 0.05) is 17.6 Å². The first kappa shape index (κ1) is 22.2. The second kappa shape index (κ2) is 9.56. The van der Waals surface area contributed by atoms with E-state index in [-0.39, 0.29) is 18.4 Å². The van der Waals surface area contributed by atoms with Crippen molar-refractivity contribution in [2.45, 2.75) is 38.9 Å². The van der Waals surface area contributed by atoms with Gasteiger partial charge in [0.15, 0.2) is 0 Å². The van der Waals surface area contributed by atoms with Crippen LogP contribution in [0.1, 0.15) is 48.3 Å². The molecule has 5 heteroatoms. The lowest BCUT2D eigenvalue weighted by molar-refractivity contribution is -0.127. The molecule has 1 unspecified atom stereocenters. The molecule has 0 bridgehead atoms. The molecule has 0 fully saturated rings. The van der Waals surface area contributed by atoms with E-state index in [1.54, 1.807) is 41.3 Å². The Labute approximate surface area is 182 Å². The predicted molar refractivity (Wildman–Crippen MR) is 120 cm³/mol. The van der Waals surface area contributed by atoms with E-state index >= 15 is 0 Å². The molecule has 160 valence electrons. The molecule has 0 saturated carbocycles. The summed E-state index contributed by atoms with van der Waals surface area (Å²) in [4.78, 5) is 28.5. The first-order valence-corrected chi connectivity index (χ1v) is 10.2. The second-order valence-electron chi connectivity index (χ2n) is 8.48. The van der Waals surface area contributed by atoms with Gasteiger partial charge in [0.25, 0.3) is 5.91 Å². The summed E-state index contributed by atoms with van der Waals surface area (Å²) in [5, 5.41) is 2.98. The zero-order valence-electron chi connectivity index (χ0n) is 18.0. The first-order valence-electron chi connectivity index (χ1n) is 10.2. The smallest absolute Gasteiger partial charge is 0.255 e. The number of benzene rings is 3. The van der Waals surface area contributed by atoms with E-state index in [2.05, 4.69) is 5.32 Å². The van der Waals surface area contributed by atoms with Crippen LogP contribution < -0.4 is 5.32 Å². The fourth-order valence-electron chi connectivity index (χ4n) is 3.36. The van der Waals surface area contributed by atoms with Crippen LogP contribution in [0.3, 0.4) is 0 Å². The Bertz CT molecular complexity index is 1010. The van der Waals surface area contributed by atoms with E-state index in [0.717, 1.165) is 5.56 Å². The van der Waals surface area contributed by atoms with E-state index in [1.165, 1.54) is 12.1 Å². The van der Waals surface area contributed by atoms with Crippen LogP contribution >= 0.6 is 0 Å². The minimum absolute atomic E-state index is 0.230. The highest BCUT2D eigenvalue weighted by Gasteiger charge is 2.33. The normalized spacial score (nSPS) is 12.1. The summed E-state index contributed by atoms with van der Waals surface area (Å²) in [5.74, 6) is -0.995. The number of carbonyl (C=O) groups excluding carboxylic acids is 2. The molecule has 0 aliphatic rings. The monoisotopic (exact) mass is 418 g/mol. The Hall–Kier alpha value is -3.47. The quantitative estimate of drug-likeness (QED) is 0.604. The van der Waals surface area contributed by atoms with Crippen LogP contribution in [-0.2, 0) is 11.3 Å². The summed E-state index contributed by atoms with van der Waals surface area (Å²) < 4.78 is 13.6. The fourth-order valence-corrected chi connectivity index (χ4v) is 3.36. The van der Waals surface area contributed by atoms with Crippen molar-refractivity contribution in [3.63, 3.8) is 0 Å². The van der Waals surface area contributed by atoms with E-state index in [0.29, 0.717) is 11.1 Å². The van der Waals surface area contributed by atoms with Crippen molar-refractivity contribution in [3.8, 4) is 0 Å². The maximum atomic E-state index is 13.6. The van der Waals surface area contributed by atoms with Crippen LogP contribution in [0.25, 0.3) is 0 Å². The molecule has 4 nitrogen and oxygen atoms in total. The molecule has 0 aliphatic carbocycles. The number of nitrogens with zero attached hydrogens (tertiary/aromatic N) is 1. The molecule has 2 amide bonds. The van der Waals surface area contributed by atoms with Gasteiger partial charge in [-0.1, -0.05) is 60.7 Å². The Morgan fingerprint density at radius 1 is 0.871 bits per heavy atom. The Balaban J connectivity index is 2.09. The maximum Gasteiger partial charge on any atom is 0.255 e. The van der Waals surface area contributed by atoms with E-state index < -0.39 is 17.4 Å². The van der Waals surface area contributed by atoms with Crippen molar-refractivity contribution in [1.29, 1.82) is 0 Å². The van der Waals surface area contributed by atoms with Crippen molar-refractivity contribution in [2.24, 2.45) is 0 Å². The molecular formula is C26H27FN2O2. The lowest BCUT2D eigenvalue weighted by atomic mass is 9.99. The number of carbonyl (C=O) groups is 2. The number of halogens is 1. The van der Waals surface area contributed by atoms with Crippen molar-refractivity contribution < 1.29 is 14.0 Å². The van der Waals surface area contributed by atoms with Gasteiger partial charge in [0.1, 0.15) is 11.9 Å². The van der Waals surface area contributed by atoms with Gasteiger partial charge < -0.3 is 10.2 Å². The SMILES string of the molecule is CC(C)(C)NC(=O)C(c1ccc(F)cc1)N(Cc1ccccc1)C(=O)c1ccccc1. The number of hydrogen-bond donors (Lipinski definition) is 1. The molecule has 0 saturated heterocycles. The van der Waals surface area contributed by atoms with Crippen LogP contribution in [-0.4, -0.2) is 22.3 Å². The molecule has 3 rings (SSSR count). The van der Waals surface area contributed by atoms with Crippen LogP contribution in [0, 0.1) is 5.82 Å². The molecule has 3 aromatic carbocycles. The molecule has 0 spiro atoms. The van der Waals surface area contributed by atoms with Crippen molar-refractivity contribution in [3.05, 3.63) is 107 Å². The average Bonchev–Trinajstić information content (AvgIpc) is 2.74. The molecule has 3 aromatic rings. The molecule has 0 heterocycles. The Kier molecular flexibility index (Phi) is 6.85. The lowest BCUT2D eigenvalue weighted by Gasteiger charge is -2.34.